The van der Waals surface area contributed by atoms with Gasteiger partial charge in [0.2, 0.25) is 5.91 Å². The minimum absolute atomic E-state index is 0.148. The van der Waals surface area contributed by atoms with Gasteiger partial charge in [-0.15, -0.1) is 0 Å². The van der Waals surface area contributed by atoms with Gasteiger partial charge in [-0.25, -0.2) is 0 Å². The van der Waals surface area contributed by atoms with E-state index in [9.17, 15) is 4.79 Å². The van der Waals surface area contributed by atoms with Gasteiger partial charge >= 0.3 is 0 Å². The number of hydrogen-bond acceptors (Lipinski definition) is 4. The normalized spacial score (nSPS) is 25.3. The standard InChI is InChI=1S/C13H25N3OS/c1-6-16(7-2)12(17)11(5)15-13-14-10(4)9(3)8-18-13/h9-11H,6-8H2,1-5H3,(H,14,15). The molecule has 0 saturated carbocycles. The Morgan fingerprint density at radius 3 is 2.61 bits per heavy atom. The molecule has 104 valence electrons. The SMILES string of the molecule is CCN(CC)C(=O)C(C)NC1=NC(C)C(C)CS1. The van der Waals surface area contributed by atoms with Crippen LogP contribution in [0.5, 0.6) is 0 Å². The van der Waals surface area contributed by atoms with E-state index in [1.807, 2.05) is 25.7 Å². The van der Waals surface area contributed by atoms with Crippen molar-refractivity contribution in [2.75, 3.05) is 18.8 Å². The van der Waals surface area contributed by atoms with Crippen LogP contribution in [0.1, 0.15) is 34.6 Å². The first-order valence-electron chi connectivity index (χ1n) is 6.75. The largest absolute Gasteiger partial charge is 0.353 e. The van der Waals surface area contributed by atoms with E-state index >= 15 is 0 Å². The first kappa shape index (κ1) is 15.3. The van der Waals surface area contributed by atoms with Crippen LogP contribution >= 0.6 is 11.8 Å². The van der Waals surface area contributed by atoms with E-state index < -0.39 is 0 Å². The third-order valence-corrected chi connectivity index (χ3v) is 4.60. The Morgan fingerprint density at radius 1 is 1.50 bits per heavy atom. The highest BCUT2D eigenvalue weighted by atomic mass is 32.2. The van der Waals surface area contributed by atoms with Gasteiger partial charge in [0.05, 0.1) is 6.04 Å². The molecule has 0 fully saturated rings. The lowest BCUT2D eigenvalue weighted by atomic mass is 10.1. The summed E-state index contributed by atoms with van der Waals surface area (Å²) in [5.41, 5.74) is 0. The number of likely N-dealkylation sites (N-methyl/N-ethyl adjacent to an activating group) is 1. The maximum absolute atomic E-state index is 12.1. The molecule has 0 saturated heterocycles. The number of hydrogen-bond donors (Lipinski definition) is 1. The molecule has 3 atom stereocenters. The summed E-state index contributed by atoms with van der Waals surface area (Å²) in [6.45, 7) is 11.8. The van der Waals surface area contributed by atoms with Crippen molar-refractivity contribution < 1.29 is 4.79 Å². The van der Waals surface area contributed by atoms with Gasteiger partial charge in [0.15, 0.2) is 5.17 Å². The molecule has 0 aromatic carbocycles. The maximum atomic E-state index is 12.1. The van der Waals surface area contributed by atoms with Crippen molar-refractivity contribution in [2.45, 2.75) is 46.7 Å². The third kappa shape index (κ3) is 3.90. The fraction of sp³-hybridized carbons (Fsp3) is 0.846. The average molecular weight is 271 g/mol. The Bertz CT molecular complexity index is 315. The van der Waals surface area contributed by atoms with Gasteiger partial charge < -0.3 is 10.2 Å². The third-order valence-electron chi connectivity index (χ3n) is 3.41. The predicted molar refractivity (Wildman–Crippen MR) is 79.0 cm³/mol. The molecule has 0 radical (unpaired) electrons. The van der Waals surface area contributed by atoms with Crippen molar-refractivity contribution >= 4 is 22.8 Å². The summed E-state index contributed by atoms with van der Waals surface area (Å²) >= 11 is 1.72. The molecule has 18 heavy (non-hydrogen) atoms. The lowest BCUT2D eigenvalue weighted by molar-refractivity contribution is -0.132. The molecule has 1 rings (SSSR count). The second-order valence-electron chi connectivity index (χ2n) is 4.84. The molecule has 1 N–H and O–H groups in total. The minimum Gasteiger partial charge on any atom is -0.353 e. The van der Waals surface area contributed by atoms with Crippen LogP contribution in [0.3, 0.4) is 0 Å². The molecule has 1 aliphatic rings. The van der Waals surface area contributed by atoms with Crippen LogP contribution < -0.4 is 5.32 Å². The lowest BCUT2D eigenvalue weighted by Crippen LogP contribution is -2.47. The maximum Gasteiger partial charge on any atom is 0.244 e. The zero-order valence-corrected chi connectivity index (χ0v) is 12.9. The molecule has 1 amide bonds. The van der Waals surface area contributed by atoms with Crippen LogP contribution in [-0.2, 0) is 4.79 Å². The molecular weight excluding hydrogens is 246 g/mol. The average Bonchev–Trinajstić information content (AvgIpc) is 2.35. The van der Waals surface area contributed by atoms with E-state index in [0.29, 0.717) is 12.0 Å². The molecule has 1 heterocycles. The molecule has 5 heteroatoms. The van der Waals surface area contributed by atoms with E-state index in [2.05, 4.69) is 24.2 Å². The summed E-state index contributed by atoms with van der Waals surface area (Å²) in [5.74, 6) is 1.82. The number of thioether (sulfide) groups is 1. The first-order valence-corrected chi connectivity index (χ1v) is 7.74. The van der Waals surface area contributed by atoms with Gasteiger partial charge in [-0.2, -0.15) is 0 Å². The Balaban J connectivity index is 2.57. The summed E-state index contributed by atoms with van der Waals surface area (Å²) in [4.78, 5) is 18.6. The first-order chi connectivity index (χ1) is 8.49. The van der Waals surface area contributed by atoms with Crippen molar-refractivity contribution in [3.05, 3.63) is 0 Å². The number of amidine groups is 1. The van der Waals surface area contributed by atoms with Gasteiger partial charge in [0, 0.05) is 18.8 Å². The minimum atomic E-state index is -0.197. The Kier molecular flexibility index (Phi) is 5.99. The highest BCUT2D eigenvalue weighted by Gasteiger charge is 2.23. The number of nitrogens with one attached hydrogen (secondary N) is 1. The van der Waals surface area contributed by atoms with Crippen LogP contribution in [0.4, 0.5) is 0 Å². The van der Waals surface area contributed by atoms with E-state index in [1.165, 1.54) is 0 Å². The monoisotopic (exact) mass is 271 g/mol. The fourth-order valence-corrected chi connectivity index (χ4v) is 3.03. The highest BCUT2D eigenvalue weighted by molar-refractivity contribution is 8.13. The molecule has 0 aromatic rings. The Hall–Kier alpha value is -0.710. The van der Waals surface area contributed by atoms with E-state index in [4.69, 9.17) is 0 Å². The van der Waals surface area contributed by atoms with E-state index in [0.717, 1.165) is 24.0 Å². The second kappa shape index (κ2) is 7.02. The zero-order chi connectivity index (χ0) is 13.7. The van der Waals surface area contributed by atoms with Gasteiger partial charge in [-0.05, 0) is 33.6 Å². The van der Waals surface area contributed by atoms with Gasteiger partial charge in [-0.3, -0.25) is 9.79 Å². The molecule has 4 nitrogen and oxygen atoms in total. The highest BCUT2D eigenvalue weighted by Crippen LogP contribution is 2.21. The lowest BCUT2D eigenvalue weighted by Gasteiger charge is -2.28. The van der Waals surface area contributed by atoms with Gasteiger partial charge in [0.25, 0.3) is 0 Å². The number of rotatable bonds is 4. The number of aliphatic imine (C=N–C) groups is 1. The quantitative estimate of drug-likeness (QED) is 0.850. The number of carbonyl (C=O) groups is 1. The van der Waals surface area contributed by atoms with Crippen LogP contribution in [-0.4, -0.2) is 46.9 Å². The van der Waals surface area contributed by atoms with Crippen LogP contribution in [0, 0.1) is 5.92 Å². The van der Waals surface area contributed by atoms with Crippen molar-refractivity contribution in [3.63, 3.8) is 0 Å². The van der Waals surface area contributed by atoms with E-state index in [-0.39, 0.29) is 11.9 Å². The van der Waals surface area contributed by atoms with Gasteiger partial charge in [-0.1, -0.05) is 18.7 Å². The van der Waals surface area contributed by atoms with Crippen molar-refractivity contribution in [1.29, 1.82) is 0 Å². The Morgan fingerprint density at radius 2 is 2.11 bits per heavy atom. The molecule has 0 spiro atoms. The molecule has 0 bridgehead atoms. The molecule has 0 aromatic heterocycles. The molecule has 3 unspecified atom stereocenters. The summed E-state index contributed by atoms with van der Waals surface area (Å²) in [6.07, 6.45) is 0. The molecule has 1 aliphatic heterocycles. The fourth-order valence-electron chi connectivity index (χ4n) is 1.83. The van der Waals surface area contributed by atoms with Gasteiger partial charge in [0.1, 0.15) is 6.04 Å². The second-order valence-corrected chi connectivity index (χ2v) is 5.85. The topological polar surface area (TPSA) is 44.7 Å². The number of carbonyl (C=O) groups excluding carboxylic acids is 1. The number of amides is 1. The molecular formula is C13H25N3OS. The Labute approximate surface area is 115 Å². The smallest absolute Gasteiger partial charge is 0.244 e. The zero-order valence-electron chi connectivity index (χ0n) is 12.1. The van der Waals surface area contributed by atoms with Crippen LogP contribution in [0.25, 0.3) is 0 Å². The van der Waals surface area contributed by atoms with Crippen LogP contribution in [0.15, 0.2) is 4.99 Å². The van der Waals surface area contributed by atoms with E-state index in [1.54, 1.807) is 11.8 Å². The summed E-state index contributed by atoms with van der Waals surface area (Å²) in [6, 6.07) is 0.140. The summed E-state index contributed by atoms with van der Waals surface area (Å²) in [7, 11) is 0. The summed E-state index contributed by atoms with van der Waals surface area (Å²) < 4.78 is 0. The van der Waals surface area contributed by atoms with Crippen molar-refractivity contribution in [2.24, 2.45) is 10.9 Å². The van der Waals surface area contributed by atoms with Crippen LogP contribution in [0.2, 0.25) is 0 Å². The van der Waals surface area contributed by atoms with Crippen molar-refractivity contribution in [1.82, 2.24) is 10.2 Å². The summed E-state index contributed by atoms with van der Waals surface area (Å²) in [5, 5.41) is 4.15. The van der Waals surface area contributed by atoms with Crippen molar-refractivity contribution in [3.8, 4) is 0 Å². The predicted octanol–water partition coefficient (Wildman–Crippen LogP) is 1.96. The number of nitrogens with zero attached hydrogens (tertiary/aromatic N) is 2. The molecule has 0 aliphatic carbocycles.